The van der Waals surface area contributed by atoms with Gasteiger partial charge in [0.25, 0.3) is 0 Å². The van der Waals surface area contributed by atoms with Crippen molar-refractivity contribution in [2.45, 2.75) is 52.0 Å². The van der Waals surface area contributed by atoms with Crippen molar-refractivity contribution in [1.82, 2.24) is 9.80 Å². The molecule has 4 heteroatoms. The second kappa shape index (κ2) is 7.25. The predicted octanol–water partition coefficient (Wildman–Crippen LogP) is 1.69. The first-order valence-corrected chi connectivity index (χ1v) is 7.68. The standard InChI is InChI=1S/C15H31N3O/c1-5-17(4)14(19)11-18(6-2)15(12-16)9-7-8-13(3)10-15/h13H,5-12,16H2,1-4H3. The van der Waals surface area contributed by atoms with Gasteiger partial charge in [-0.2, -0.15) is 0 Å². The first kappa shape index (κ1) is 16.4. The van der Waals surface area contributed by atoms with Crippen LogP contribution in [-0.4, -0.2) is 54.5 Å². The molecule has 0 saturated heterocycles. The fourth-order valence-electron chi connectivity index (χ4n) is 3.31. The van der Waals surface area contributed by atoms with Gasteiger partial charge in [-0.05, 0) is 32.2 Å². The molecule has 0 aromatic heterocycles. The first-order valence-electron chi connectivity index (χ1n) is 7.68. The fourth-order valence-corrected chi connectivity index (χ4v) is 3.31. The highest BCUT2D eigenvalue weighted by atomic mass is 16.2. The molecule has 2 N–H and O–H groups in total. The molecule has 0 aromatic rings. The zero-order valence-corrected chi connectivity index (χ0v) is 13.1. The summed E-state index contributed by atoms with van der Waals surface area (Å²) in [5.74, 6) is 0.917. The van der Waals surface area contributed by atoms with Crippen LogP contribution in [0.5, 0.6) is 0 Å². The van der Waals surface area contributed by atoms with Crippen molar-refractivity contribution in [2.75, 3.05) is 33.2 Å². The average Bonchev–Trinajstić information content (AvgIpc) is 2.43. The van der Waals surface area contributed by atoms with E-state index in [2.05, 4.69) is 18.7 Å². The molecule has 0 radical (unpaired) electrons. The van der Waals surface area contributed by atoms with E-state index in [4.69, 9.17) is 5.73 Å². The largest absolute Gasteiger partial charge is 0.345 e. The molecule has 1 aliphatic carbocycles. The Morgan fingerprint density at radius 2 is 2.05 bits per heavy atom. The van der Waals surface area contributed by atoms with E-state index in [1.54, 1.807) is 4.90 Å². The van der Waals surface area contributed by atoms with Crippen molar-refractivity contribution in [3.63, 3.8) is 0 Å². The lowest BCUT2D eigenvalue weighted by molar-refractivity contribution is -0.133. The zero-order valence-electron chi connectivity index (χ0n) is 13.1. The summed E-state index contributed by atoms with van der Waals surface area (Å²) in [7, 11) is 1.87. The number of hydrogen-bond acceptors (Lipinski definition) is 3. The van der Waals surface area contributed by atoms with E-state index in [9.17, 15) is 4.79 Å². The number of nitrogens with zero attached hydrogens (tertiary/aromatic N) is 2. The molecular weight excluding hydrogens is 238 g/mol. The van der Waals surface area contributed by atoms with E-state index in [1.165, 1.54) is 12.8 Å². The summed E-state index contributed by atoms with van der Waals surface area (Å²) in [5.41, 5.74) is 6.13. The number of hydrogen-bond donors (Lipinski definition) is 1. The van der Waals surface area contributed by atoms with Crippen molar-refractivity contribution in [2.24, 2.45) is 11.7 Å². The lowest BCUT2D eigenvalue weighted by Crippen LogP contribution is -2.58. The van der Waals surface area contributed by atoms with Crippen LogP contribution in [0.4, 0.5) is 0 Å². The van der Waals surface area contributed by atoms with Gasteiger partial charge in [-0.25, -0.2) is 0 Å². The number of carbonyl (C=O) groups is 1. The van der Waals surface area contributed by atoms with Crippen molar-refractivity contribution >= 4 is 5.91 Å². The minimum absolute atomic E-state index is 0.0384. The summed E-state index contributed by atoms with van der Waals surface area (Å²) in [6.45, 7) is 9.28. The Labute approximate surface area is 118 Å². The van der Waals surface area contributed by atoms with Crippen molar-refractivity contribution < 1.29 is 4.79 Å². The van der Waals surface area contributed by atoms with Gasteiger partial charge in [0.05, 0.1) is 6.54 Å². The molecule has 2 atom stereocenters. The van der Waals surface area contributed by atoms with Crippen LogP contribution >= 0.6 is 0 Å². The molecule has 0 aromatic carbocycles. The van der Waals surface area contributed by atoms with Crippen LogP contribution < -0.4 is 5.73 Å². The highest BCUT2D eigenvalue weighted by molar-refractivity contribution is 5.78. The van der Waals surface area contributed by atoms with Crippen molar-refractivity contribution in [1.29, 1.82) is 0 Å². The monoisotopic (exact) mass is 269 g/mol. The van der Waals surface area contributed by atoms with Crippen molar-refractivity contribution in [3.8, 4) is 0 Å². The lowest BCUT2D eigenvalue weighted by Gasteiger charge is -2.47. The Morgan fingerprint density at radius 1 is 1.37 bits per heavy atom. The van der Waals surface area contributed by atoms with E-state index in [1.807, 2.05) is 14.0 Å². The van der Waals surface area contributed by atoms with Crippen LogP contribution in [0.1, 0.15) is 46.5 Å². The molecule has 0 spiro atoms. The smallest absolute Gasteiger partial charge is 0.236 e. The molecule has 1 aliphatic rings. The van der Waals surface area contributed by atoms with Gasteiger partial charge in [0.2, 0.25) is 5.91 Å². The number of amides is 1. The highest BCUT2D eigenvalue weighted by Gasteiger charge is 2.39. The lowest BCUT2D eigenvalue weighted by atomic mass is 9.75. The maximum atomic E-state index is 12.2. The molecule has 19 heavy (non-hydrogen) atoms. The van der Waals surface area contributed by atoms with Gasteiger partial charge < -0.3 is 10.6 Å². The normalized spacial score (nSPS) is 27.6. The molecule has 0 aliphatic heterocycles. The van der Waals surface area contributed by atoms with Crippen molar-refractivity contribution in [3.05, 3.63) is 0 Å². The van der Waals surface area contributed by atoms with Gasteiger partial charge in [-0.1, -0.05) is 26.7 Å². The molecule has 1 amide bonds. The van der Waals surface area contributed by atoms with E-state index >= 15 is 0 Å². The van der Waals surface area contributed by atoms with Gasteiger partial charge in [-0.3, -0.25) is 9.69 Å². The first-order chi connectivity index (χ1) is 8.99. The summed E-state index contributed by atoms with van der Waals surface area (Å²) in [4.78, 5) is 16.3. The fraction of sp³-hybridized carbons (Fsp3) is 0.933. The van der Waals surface area contributed by atoms with Gasteiger partial charge in [0.1, 0.15) is 0 Å². The Balaban J connectivity index is 2.77. The third kappa shape index (κ3) is 3.93. The Kier molecular flexibility index (Phi) is 6.27. The molecule has 0 bridgehead atoms. The molecular formula is C15H31N3O. The summed E-state index contributed by atoms with van der Waals surface area (Å²) in [6, 6.07) is 0. The number of carbonyl (C=O) groups excluding carboxylic acids is 1. The van der Waals surface area contributed by atoms with Gasteiger partial charge in [-0.15, -0.1) is 0 Å². The van der Waals surface area contributed by atoms with Gasteiger partial charge in [0.15, 0.2) is 0 Å². The van der Waals surface area contributed by atoms with Crippen LogP contribution in [0.25, 0.3) is 0 Å². The van der Waals surface area contributed by atoms with Gasteiger partial charge in [0, 0.05) is 25.7 Å². The zero-order chi connectivity index (χ0) is 14.5. The number of nitrogens with two attached hydrogens (primary N) is 1. The quantitative estimate of drug-likeness (QED) is 0.798. The molecule has 4 nitrogen and oxygen atoms in total. The minimum atomic E-state index is 0.0384. The Morgan fingerprint density at radius 3 is 2.53 bits per heavy atom. The van der Waals surface area contributed by atoms with E-state index < -0.39 is 0 Å². The predicted molar refractivity (Wildman–Crippen MR) is 80.0 cm³/mol. The molecule has 0 heterocycles. The number of rotatable bonds is 6. The third-order valence-corrected chi connectivity index (χ3v) is 4.73. The summed E-state index contributed by atoms with van der Waals surface area (Å²) >= 11 is 0. The van der Waals surface area contributed by atoms with E-state index in [0.29, 0.717) is 19.0 Å². The van der Waals surface area contributed by atoms with Crippen LogP contribution in [0.2, 0.25) is 0 Å². The molecule has 2 unspecified atom stereocenters. The van der Waals surface area contributed by atoms with E-state index in [0.717, 1.165) is 25.9 Å². The average molecular weight is 269 g/mol. The maximum Gasteiger partial charge on any atom is 0.236 e. The number of likely N-dealkylation sites (N-methyl/N-ethyl adjacent to an activating group) is 2. The van der Waals surface area contributed by atoms with Crippen LogP contribution in [0, 0.1) is 5.92 Å². The van der Waals surface area contributed by atoms with Crippen LogP contribution in [-0.2, 0) is 4.79 Å². The molecule has 1 saturated carbocycles. The summed E-state index contributed by atoms with van der Waals surface area (Å²) < 4.78 is 0. The molecule has 1 fully saturated rings. The van der Waals surface area contributed by atoms with Crippen LogP contribution in [0.3, 0.4) is 0 Å². The topological polar surface area (TPSA) is 49.6 Å². The Bertz CT molecular complexity index is 295. The van der Waals surface area contributed by atoms with Gasteiger partial charge >= 0.3 is 0 Å². The second-order valence-corrected chi connectivity index (χ2v) is 6.05. The SMILES string of the molecule is CCN(C)C(=O)CN(CC)C1(CN)CCCC(C)C1. The Hall–Kier alpha value is -0.610. The summed E-state index contributed by atoms with van der Waals surface area (Å²) in [5, 5.41) is 0. The molecule has 1 rings (SSSR count). The summed E-state index contributed by atoms with van der Waals surface area (Å²) in [6.07, 6.45) is 4.78. The minimum Gasteiger partial charge on any atom is -0.345 e. The maximum absolute atomic E-state index is 12.2. The third-order valence-electron chi connectivity index (χ3n) is 4.73. The second-order valence-electron chi connectivity index (χ2n) is 6.05. The van der Waals surface area contributed by atoms with E-state index in [-0.39, 0.29) is 11.4 Å². The molecule has 112 valence electrons. The highest BCUT2D eigenvalue weighted by Crippen LogP contribution is 2.36. The van der Waals surface area contributed by atoms with Crippen LogP contribution in [0.15, 0.2) is 0 Å².